The van der Waals surface area contributed by atoms with Crippen LogP contribution >= 0.6 is 0 Å². The van der Waals surface area contributed by atoms with E-state index >= 15 is 0 Å². The maximum Gasteiger partial charge on any atom is 0.175 e. The van der Waals surface area contributed by atoms with Crippen molar-refractivity contribution in [2.24, 2.45) is 0 Å². The van der Waals surface area contributed by atoms with Gasteiger partial charge in [0.25, 0.3) is 0 Å². The van der Waals surface area contributed by atoms with E-state index in [1.54, 1.807) is 42.5 Å². The van der Waals surface area contributed by atoms with Gasteiger partial charge >= 0.3 is 0 Å². The number of halogens is 1. The van der Waals surface area contributed by atoms with Gasteiger partial charge < -0.3 is 10.1 Å². The molecule has 0 aliphatic heterocycles. The van der Waals surface area contributed by atoms with Gasteiger partial charge in [0, 0.05) is 24.1 Å². The van der Waals surface area contributed by atoms with Gasteiger partial charge in [-0.15, -0.1) is 0 Å². The quantitative estimate of drug-likeness (QED) is 0.654. The van der Waals surface area contributed by atoms with Gasteiger partial charge in [-0.3, -0.25) is 0 Å². The molecule has 0 spiro atoms. The number of sulfone groups is 1. The smallest absolute Gasteiger partial charge is 0.175 e. The summed E-state index contributed by atoms with van der Waals surface area (Å²) >= 11 is 0. The van der Waals surface area contributed by atoms with Gasteiger partial charge in [0.15, 0.2) is 9.84 Å². The van der Waals surface area contributed by atoms with E-state index in [1.807, 2.05) is 24.3 Å². The SMILES string of the molecule is CS(=O)(=O)c1ccc(NCc2ccc(OCc3ccccc3F)cc2)cc1. The number of rotatable bonds is 7. The Bertz CT molecular complexity index is 1000. The molecule has 1 N–H and O–H groups in total. The van der Waals surface area contributed by atoms with Crippen LogP contribution in [0.5, 0.6) is 5.75 Å². The molecule has 0 unspecified atom stereocenters. The average Bonchev–Trinajstić information content (AvgIpc) is 2.66. The summed E-state index contributed by atoms with van der Waals surface area (Å²) in [7, 11) is -3.18. The fourth-order valence-corrected chi connectivity index (χ4v) is 3.13. The van der Waals surface area contributed by atoms with E-state index in [0.717, 1.165) is 11.3 Å². The largest absolute Gasteiger partial charge is 0.489 e. The zero-order valence-corrected chi connectivity index (χ0v) is 15.7. The zero-order chi connectivity index (χ0) is 19.3. The van der Waals surface area contributed by atoms with Gasteiger partial charge in [0.2, 0.25) is 0 Å². The molecule has 3 aromatic rings. The number of ether oxygens (including phenoxy) is 1. The maximum absolute atomic E-state index is 13.6. The van der Waals surface area contributed by atoms with Crippen LogP contribution in [-0.4, -0.2) is 14.7 Å². The third kappa shape index (κ3) is 5.31. The highest BCUT2D eigenvalue weighted by molar-refractivity contribution is 7.90. The Balaban J connectivity index is 1.54. The summed E-state index contributed by atoms with van der Waals surface area (Å²) in [5.74, 6) is 0.389. The molecule has 0 saturated carbocycles. The van der Waals surface area contributed by atoms with Crippen molar-refractivity contribution in [1.82, 2.24) is 0 Å². The molecule has 0 saturated heterocycles. The molecule has 27 heavy (non-hydrogen) atoms. The second-order valence-electron chi connectivity index (χ2n) is 6.17. The molecule has 0 aliphatic rings. The number of nitrogens with one attached hydrogen (secondary N) is 1. The maximum atomic E-state index is 13.6. The summed E-state index contributed by atoms with van der Waals surface area (Å²) in [6.45, 7) is 0.767. The van der Waals surface area contributed by atoms with Crippen LogP contribution in [0.3, 0.4) is 0 Å². The van der Waals surface area contributed by atoms with Crippen LogP contribution < -0.4 is 10.1 Å². The van der Waals surface area contributed by atoms with Crippen LogP contribution in [0.15, 0.2) is 77.7 Å². The predicted octanol–water partition coefficient (Wildman–Crippen LogP) is 4.42. The summed E-state index contributed by atoms with van der Waals surface area (Å²) in [5.41, 5.74) is 2.39. The summed E-state index contributed by atoms with van der Waals surface area (Å²) in [5, 5.41) is 3.24. The normalized spacial score (nSPS) is 11.2. The van der Waals surface area contributed by atoms with Gasteiger partial charge in [0.1, 0.15) is 18.2 Å². The summed E-state index contributed by atoms with van der Waals surface area (Å²) in [6.07, 6.45) is 1.19. The Labute approximate surface area is 158 Å². The van der Waals surface area contributed by atoms with Crippen LogP contribution in [-0.2, 0) is 23.0 Å². The number of hydrogen-bond donors (Lipinski definition) is 1. The Hall–Kier alpha value is -2.86. The van der Waals surface area contributed by atoms with Crippen molar-refractivity contribution in [3.05, 3.63) is 89.7 Å². The minimum absolute atomic E-state index is 0.178. The lowest BCUT2D eigenvalue weighted by molar-refractivity contribution is 0.300. The molecular formula is C21H20FNO3S. The first-order chi connectivity index (χ1) is 12.9. The molecule has 3 aromatic carbocycles. The van der Waals surface area contributed by atoms with E-state index in [1.165, 1.54) is 12.3 Å². The first-order valence-electron chi connectivity index (χ1n) is 8.41. The molecule has 3 rings (SSSR count). The topological polar surface area (TPSA) is 55.4 Å². The molecule has 4 nitrogen and oxygen atoms in total. The van der Waals surface area contributed by atoms with Crippen molar-refractivity contribution < 1.29 is 17.5 Å². The lowest BCUT2D eigenvalue weighted by atomic mass is 10.2. The fourth-order valence-electron chi connectivity index (χ4n) is 2.50. The van der Waals surface area contributed by atoms with Crippen molar-refractivity contribution in [3.8, 4) is 5.75 Å². The average molecular weight is 385 g/mol. The summed E-state index contributed by atoms with van der Waals surface area (Å²) in [6, 6.07) is 20.7. The molecule has 0 radical (unpaired) electrons. The first-order valence-corrected chi connectivity index (χ1v) is 10.3. The van der Waals surface area contributed by atoms with Gasteiger partial charge in [-0.1, -0.05) is 30.3 Å². The third-order valence-corrected chi connectivity index (χ3v) is 5.18. The van der Waals surface area contributed by atoms with Crippen LogP contribution in [0.2, 0.25) is 0 Å². The second kappa shape index (κ2) is 8.22. The minimum atomic E-state index is -3.18. The van der Waals surface area contributed by atoms with Crippen LogP contribution in [0.25, 0.3) is 0 Å². The Morgan fingerprint density at radius 2 is 1.59 bits per heavy atom. The lowest BCUT2D eigenvalue weighted by Gasteiger charge is -2.10. The number of anilines is 1. The molecule has 0 aliphatic carbocycles. The van der Waals surface area contributed by atoms with E-state index in [4.69, 9.17) is 4.74 Å². The summed E-state index contributed by atoms with van der Waals surface area (Å²) < 4.78 is 42.1. The zero-order valence-electron chi connectivity index (χ0n) is 14.9. The molecule has 0 amide bonds. The van der Waals surface area contributed by atoms with Gasteiger partial charge in [0.05, 0.1) is 4.90 Å². The molecule has 0 atom stereocenters. The van der Waals surface area contributed by atoms with Crippen molar-refractivity contribution in [2.75, 3.05) is 11.6 Å². The monoisotopic (exact) mass is 385 g/mol. The number of hydrogen-bond acceptors (Lipinski definition) is 4. The molecule has 6 heteroatoms. The van der Waals surface area contributed by atoms with E-state index in [9.17, 15) is 12.8 Å². The highest BCUT2D eigenvalue weighted by Crippen LogP contribution is 2.18. The van der Waals surface area contributed by atoms with Crippen molar-refractivity contribution in [3.63, 3.8) is 0 Å². The van der Waals surface area contributed by atoms with E-state index in [-0.39, 0.29) is 12.4 Å². The minimum Gasteiger partial charge on any atom is -0.489 e. The molecule has 0 aromatic heterocycles. The lowest BCUT2D eigenvalue weighted by Crippen LogP contribution is -2.01. The highest BCUT2D eigenvalue weighted by atomic mass is 32.2. The third-order valence-electron chi connectivity index (χ3n) is 4.05. The van der Waals surface area contributed by atoms with E-state index in [2.05, 4.69) is 5.32 Å². The fraction of sp³-hybridized carbons (Fsp3) is 0.143. The second-order valence-corrected chi connectivity index (χ2v) is 8.19. The van der Waals surface area contributed by atoms with E-state index < -0.39 is 9.84 Å². The Kier molecular flexibility index (Phi) is 5.76. The molecular weight excluding hydrogens is 365 g/mol. The van der Waals surface area contributed by atoms with Crippen LogP contribution in [0, 0.1) is 5.82 Å². The molecule has 0 fully saturated rings. The Morgan fingerprint density at radius 3 is 2.22 bits per heavy atom. The summed E-state index contributed by atoms with van der Waals surface area (Å²) in [4.78, 5) is 0.296. The van der Waals surface area contributed by atoms with Crippen molar-refractivity contribution in [1.29, 1.82) is 0 Å². The van der Waals surface area contributed by atoms with Gasteiger partial charge in [-0.25, -0.2) is 12.8 Å². The molecule has 0 bridgehead atoms. The Morgan fingerprint density at radius 1 is 0.926 bits per heavy atom. The van der Waals surface area contributed by atoms with Crippen molar-refractivity contribution in [2.45, 2.75) is 18.0 Å². The van der Waals surface area contributed by atoms with Crippen molar-refractivity contribution >= 4 is 15.5 Å². The van der Waals surface area contributed by atoms with E-state index in [0.29, 0.717) is 22.8 Å². The molecule has 0 heterocycles. The molecule has 140 valence electrons. The van der Waals surface area contributed by atoms with Gasteiger partial charge in [-0.2, -0.15) is 0 Å². The highest BCUT2D eigenvalue weighted by Gasteiger charge is 2.06. The van der Waals surface area contributed by atoms with Crippen LogP contribution in [0.4, 0.5) is 10.1 Å². The number of benzene rings is 3. The standard InChI is InChI=1S/C21H20FNO3S/c1-27(24,25)20-12-8-18(9-13-20)23-14-16-6-10-19(11-7-16)26-15-17-4-2-3-5-21(17)22/h2-13,23H,14-15H2,1H3. The van der Waals surface area contributed by atoms with Crippen LogP contribution in [0.1, 0.15) is 11.1 Å². The predicted molar refractivity (Wildman–Crippen MR) is 104 cm³/mol. The van der Waals surface area contributed by atoms with Gasteiger partial charge in [-0.05, 0) is 48.0 Å². The first kappa shape index (κ1) is 18.9.